The predicted octanol–water partition coefficient (Wildman–Crippen LogP) is 12.8. The molecule has 35 nitrogen and oxygen atoms in total. The number of aromatic nitrogens is 11. The van der Waals surface area contributed by atoms with E-state index in [0.717, 1.165) is 206 Å². The average Bonchev–Trinajstić information content (AvgIpc) is 1.62. The Hall–Kier alpha value is -10.9. The number of Topliss-reactive ketones (excluding diaryl/α,β-unsaturated/α-hetero) is 2. The van der Waals surface area contributed by atoms with Crippen molar-refractivity contribution in [1.29, 1.82) is 0 Å². The van der Waals surface area contributed by atoms with Crippen LogP contribution in [-0.2, 0) is 43.0 Å². The van der Waals surface area contributed by atoms with E-state index >= 15 is 0 Å². The Kier molecular flexibility index (Phi) is 40.8. The number of aromatic amines is 4. The summed E-state index contributed by atoms with van der Waals surface area (Å²) in [5.74, 6) is 3.79. The number of ketones is 2. The first-order chi connectivity index (χ1) is 66.7. The summed E-state index contributed by atoms with van der Waals surface area (Å²) >= 11 is 8.64. The summed E-state index contributed by atoms with van der Waals surface area (Å²) < 4.78 is 63.0. The summed E-state index contributed by atoms with van der Waals surface area (Å²) in [6, 6.07) is 26.4. The molecule has 0 radical (unpaired) electrons. The number of carbonyl (C=O) groups is 6. The topological polar surface area (TPSA) is 385 Å². The molecule has 0 unspecified atom stereocenters. The van der Waals surface area contributed by atoms with Crippen molar-refractivity contribution in [3.63, 3.8) is 0 Å². The molecule has 142 heavy (non-hydrogen) atoms. The number of rotatable bonds is 23. The second-order valence-corrected chi connectivity index (χ2v) is 38.9. The monoisotopic (exact) mass is 2050 g/mol. The van der Waals surface area contributed by atoms with E-state index in [2.05, 4.69) is 175 Å². The number of likely N-dealkylation sites (N-methyl/N-ethyl adjacent to an activating group) is 3. The molecular weight excluding hydrogens is 1910 g/mol. The molecule has 12 aromatic rings. The van der Waals surface area contributed by atoms with Crippen molar-refractivity contribution < 1.29 is 107 Å². The van der Waals surface area contributed by atoms with Gasteiger partial charge in [-0.3, -0.25) is 38.3 Å². The van der Waals surface area contributed by atoms with Crippen LogP contribution in [0.15, 0.2) is 101 Å². The third kappa shape index (κ3) is 28.0. The Morgan fingerprint density at radius 2 is 0.923 bits per heavy atom. The van der Waals surface area contributed by atoms with Gasteiger partial charge in [-0.25, -0.2) is 9.59 Å². The van der Waals surface area contributed by atoms with Gasteiger partial charge in [-0.15, -0.1) is 11.6 Å². The largest absolute Gasteiger partial charge is 1.00 e. The SMILES string of the molecule is C1CCOC1.CN(C)CCCl.CNC(=O)Nc1ccc2c(c1)C(=O)/C(=C/c1c(-c3c(C)nn(CCN(C)C)c3C)[nH]c3ccc(OC)cc13)O2.CNC(=O)Nc1ccc2c(c1)C(=O)CO2.COc1ccc2[nH]c(-c3c(C)nn(CCN(C)C)c3C)c(C=O)c2c1.COc1ccc2[nH]c(Br)c(C=O)c2c1.Cc1n[nH]c(C)c1B1OC(C)(C)C(C)(C)O1.Cc1nn(CCN(C)C)c(C)c1B1OC(C)(C)C(C)(C)O1.[H-].[Na+]. The third-order valence-corrected chi connectivity index (χ3v) is 26.2. The summed E-state index contributed by atoms with van der Waals surface area (Å²) in [4.78, 5) is 88.6. The smallest absolute Gasteiger partial charge is 1.00 e. The van der Waals surface area contributed by atoms with Gasteiger partial charge in [0.05, 0.1) is 119 Å². The van der Waals surface area contributed by atoms with Gasteiger partial charge in [-0.1, -0.05) is 0 Å². The van der Waals surface area contributed by atoms with E-state index in [1.54, 1.807) is 63.8 Å². The minimum atomic E-state index is -0.369. The Morgan fingerprint density at radius 1 is 0.521 bits per heavy atom. The summed E-state index contributed by atoms with van der Waals surface area (Å²) in [5, 5.41) is 34.1. The zero-order chi connectivity index (χ0) is 104. The van der Waals surface area contributed by atoms with Crippen molar-refractivity contribution in [2.24, 2.45) is 0 Å². The molecule has 0 atom stereocenters. The second kappa shape index (κ2) is 50.5. The molecule has 0 bridgehead atoms. The quantitative estimate of drug-likeness (QED) is 0.0128. The number of carbonyl (C=O) groups excluding carboxylic acids is 6. The first-order valence-electron chi connectivity index (χ1n) is 46.8. The van der Waals surface area contributed by atoms with Gasteiger partial charge in [0.25, 0.3) is 0 Å². The number of nitrogens with zero attached hydrogens (tertiary/aromatic N) is 11. The van der Waals surface area contributed by atoms with Gasteiger partial charge >= 0.3 is 55.9 Å². The normalized spacial score (nSPS) is 15.0. The summed E-state index contributed by atoms with van der Waals surface area (Å²) in [6.07, 6.45) is 6.06. The molecule has 3 saturated heterocycles. The van der Waals surface area contributed by atoms with Gasteiger partial charge in [-0.2, -0.15) is 20.4 Å². The molecule has 17 rings (SSSR count). The van der Waals surface area contributed by atoms with Gasteiger partial charge in [0.1, 0.15) is 28.7 Å². The molecule has 0 spiro atoms. The Labute approximate surface area is 870 Å². The fourth-order valence-corrected chi connectivity index (χ4v) is 16.7. The van der Waals surface area contributed by atoms with E-state index in [1.165, 1.54) is 26.9 Å². The van der Waals surface area contributed by atoms with Crippen molar-refractivity contribution in [3.8, 4) is 51.3 Å². The molecule has 3 fully saturated rings. The summed E-state index contributed by atoms with van der Waals surface area (Å²) in [5.41, 5.74) is 19.3. The van der Waals surface area contributed by atoms with Crippen molar-refractivity contribution in [1.82, 2.24) is 84.7 Å². The first-order valence-corrected chi connectivity index (χ1v) is 48.1. The maximum absolute atomic E-state index is 13.4. The average molecular weight is 2050 g/mol. The fourth-order valence-electron chi connectivity index (χ4n) is 15.9. The summed E-state index contributed by atoms with van der Waals surface area (Å²) in [7, 11) is 23.6. The number of fused-ring (bicyclic) bond motifs is 5. The van der Waals surface area contributed by atoms with Crippen molar-refractivity contribution in [3.05, 3.63) is 175 Å². The zero-order valence-electron chi connectivity index (χ0n) is 88.9. The number of ether oxygens (including phenoxy) is 6. The number of urea groups is 2. The summed E-state index contributed by atoms with van der Waals surface area (Å²) in [6.45, 7) is 40.9. The van der Waals surface area contributed by atoms with E-state index in [1.807, 2.05) is 153 Å². The molecule has 12 heterocycles. The molecule has 4 amide bonds. The molecule has 5 aromatic carbocycles. The first kappa shape index (κ1) is 115. The van der Waals surface area contributed by atoms with Crippen molar-refractivity contribution >= 4 is 139 Å². The number of methoxy groups -OCH3 is 3. The molecular formula is C102H140B2BrClN19NaO16. The molecule has 760 valence electrons. The molecule has 40 heteroatoms. The maximum atomic E-state index is 13.4. The molecule has 0 aliphatic carbocycles. The van der Waals surface area contributed by atoms with Gasteiger partial charge in [0.15, 0.2) is 24.9 Å². The number of alkyl halides is 1. The van der Waals surface area contributed by atoms with Gasteiger partial charge in [0, 0.05) is 159 Å². The van der Waals surface area contributed by atoms with Gasteiger partial charge in [-0.05, 0) is 293 Å². The molecule has 8 N–H and O–H groups in total. The molecule has 5 aliphatic rings. The van der Waals surface area contributed by atoms with E-state index in [0.29, 0.717) is 55.5 Å². The number of nitrogens with one attached hydrogen (secondary N) is 8. The second-order valence-electron chi connectivity index (χ2n) is 37.7. The van der Waals surface area contributed by atoms with Gasteiger partial charge < -0.3 is 104 Å². The van der Waals surface area contributed by atoms with Crippen LogP contribution in [0.4, 0.5) is 21.0 Å². The van der Waals surface area contributed by atoms with Crippen LogP contribution in [-0.4, -0.2) is 291 Å². The van der Waals surface area contributed by atoms with Gasteiger partial charge in [0.2, 0.25) is 11.6 Å². The number of hydrogen-bond acceptors (Lipinski definition) is 24. The van der Waals surface area contributed by atoms with E-state index < -0.39 is 0 Å². The van der Waals surface area contributed by atoms with Crippen LogP contribution in [0.25, 0.3) is 61.3 Å². The number of aldehydes is 2. The Balaban J connectivity index is 0.000000212. The van der Waals surface area contributed by atoms with Crippen LogP contribution >= 0.6 is 27.5 Å². The van der Waals surface area contributed by atoms with Crippen LogP contribution < -0.4 is 85.4 Å². The predicted molar refractivity (Wildman–Crippen MR) is 564 cm³/mol. The fraction of sp³-hybridized carbons (Fsp3) is 0.451. The van der Waals surface area contributed by atoms with E-state index in [9.17, 15) is 28.8 Å². The van der Waals surface area contributed by atoms with E-state index in [-0.39, 0.29) is 104 Å². The minimum absolute atomic E-state index is 0. The number of halogens is 2. The van der Waals surface area contributed by atoms with Crippen LogP contribution in [0.3, 0.4) is 0 Å². The maximum Gasteiger partial charge on any atom is 1.00 e. The number of H-pyrrole nitrogens is 4. The molecule has 0 saturated carbocycles. The van der Waals surface area contributed by atoms with Crippen molar-refractivity contribution in [2.75, 3.05) is 154 Å². The number of anilines is 2. The molecule has 7 aromatic heterocycles. The third-order valence-electron chi connectivity index (χ3n) is 25.4. The van der Waals surface area contributed by atoms with Crippen LogP contribution in [0.2, 0.25) is 0 Å². The van der Waals surface area contributed by atoms with Crippen molar-refractivity contribution in [2.45, 2.75) is 166 Å². The Bertz CT molecular complexity index is 6390. The van der Waals surface area contributed by atoms with E-state index in [4.69, 9.17) is 63.7 Å². The van der Waals surface area contributed by atoms with Crippen LogP contribution in [0.1, 0.15) is 162 Å². The van der Waals surface area contributed by atoms with Crippen LogP contribution in [0, 0.1) is 55.4 Å². The Morgan fingerprint density at radius 3 is 1.32 bits per heavy atom. The minimum Gasteiger partial charge on any atom is -1.00 e. The van der Waals surface area contributed by atoms with Crippen LogP contribution in [0.5, 0.6) is 28.7 Å². The molecule has 5 aliphatic heterocycles. The number of aryl methyl sites for hydroxylation is 5. The zero-order valence-corrected chi connectivity index (χ0v) is 92.3. The number of hydrogen-bond donors (Lipinski definition) is 8. The number of allylic oxidation sites excluding steroid dienone is 1. The number of amides is 4. The number of benzene rings is 5. The standard InChI is InChI=1S/C29H32N6O4.C19H24N4O2.C15H28BN3O2.C11H19BN2O2.C10H8BrNO2.C10H10N2O3.C4H10ClN.C4H8O.Na.H/c1-16-26(17(2)35(33-16)12-11-34(4)5)27-21(20-14-19(38-6)8-9-23(20)32-27)15-25-28(36)22-13-18(31-29(37)30-3)7-10-24(22)39-25;1-12-18(13(2)23(21-12)9-8-22(3)4)19-16(11-24)15-10-14(25-5)6-7-17(15)20-19;1-11-13(12(2)19(17-11)10-9-18(7)8)16-20-14(3,4)15(5,6)21-16;1-7-9(8(2)14-13-7)12-15-10(3,4)11(5,6)16-12;1-14-6-2-3-9-7(4-6)8(5-13)10(11)12-9;1-11-10(14)12-6-2-3-9-7(4-6)8(13)5-15-9;1-6(2)4-3-5;1-2-4-5-3-1;;/h7-10,13-15,32H,11-12H2,1-6H3,(H2,30,31,37);6-7,10-11,20H,8-9H2,1-5H3;9-10H2,1-8H3;1-6H3,(H,13,14);2-5,12H,1H3;2-4H,5H2,1H3,(H2,11,12,14);3-4H2,1-2H3;1-4H2;;/q;;;;;;;;+1;-1/b25-15-;;;;;;;;;.